The molecule has 0 saturated heterocycles. The van der Waals surface area contributed by atoms with Crippen LogP contribution in [0.5, 0.6) is 0 Å². The fourth-order valence-electron chi connectivity index (χ4n) is 3.00. The molecule has 1 unspecified atom stereocenters. The molecule has 7 nitrogen and oxygen atoms in total. The van der Waals surface area contributed by atoms with Crippen LogP contribution in [0.15, 0.2) is 4.99 Å². The maximum atomic E-state index is 11.3. The number of hydrogen-bond acceptors (Lipinski definition) is 4. The van der Waals surface area contributed by atoms with Gasteiger partial charge in [-0.2, -0.15) is 0 Å². The van der Waals surface area contributed by atoms with Gasteiger partial charge in [0, 0.05) is 6.42 Å². The molecule has 0 aliphatic carbocycles. The van der Waals surface area contributed by atoms with Gasteiger partial charge >= 0.3 is 11.9 Å². The predicted molar refractivity (Wildman–Crippen MR) is 86.6 cm³/mol. The van der Waals surface area contributed by atoms with Crippen LogP contribution < -0.4 is 0 Å². The van der Waals surface area contributed by atoms with Crippen LogP contribution in [-0.2, 0) is 14.3 Å². The average Bonchev–Trinajstić information content (AvgIpc) is 2.85. The molecular weight excluding hydrogens is 300 g/mol. The number of rotatable bonds is 13. The van der Waals surface area contributed by atoms with Gasteiger partial charge in [-0.25, -0.2) is 14.6 Å². The minimum Gasteiger partial charge on any atom is -0.480 e. The van der Waals surface area contributed by atoms with Crippen LogP contribution in [0.2, 0.25) is 0 Å². The SMILES string of the molecule is CCCCCCCC1=NCC[N+]1(CCOCC(=O)O)CC(=O)O. The Kier molecular flexibility index (Phi) is 8.79. The number of carboxylic acids is 2. The van der Waals surface area contributed by atoms with Crippen LogP contribution in [0.25, 0.3) is 0 Å². The second-order valence-electron chi connectivity index (χ2n) is 6.05. The normalized spacial score (nSPS) is 20.5. The molecule has 0 amide bonds. The third kappa shape index (κ3) is 7.09. The van der Waals surface area contributed by atoms with E-state index < -0.39 is 11.9 Å². The number of ether oxygens (including phenoxy) is 1. The van der Waals surface area contributed by atoms with Gasteiger partial charge in [-0.15, -0.1) is 0 Å². The second kappa shape index (κ2) is 10.3. The van der Waals surface area contributed by atoms with Crippen LogP contribution in [0.4, 0.5) is 0 Å². The van der Waals surface area contributed by atoms with E-state index in [-0.39, 0.29) is 19.8 Å². The van der Waals surface area contributed by atoms with E-state index in [1.54, 1.807) is 0 Å². The number of unbranched alkanes of at least 4 members (excludes halogenated alkanes) is 4. The number of amidine groups is 1. The number of aliphatic carboxylic acids is 2. The van der Waals surface area contributed by atoms with Crippen molar-refractivity contribution in [2.75, 3.05) is 39.4 Å². The van der Waals surface area contributed by atoms with Crippen molar-refractivity contribution in [3.63, 3.8) is 0 Å². The highest BCUT2D eigenvalue weighted by Gasteiger charge is 2.39. The van der Waals surface area contributed by atoms with Crippen molar-refractivity contribution in [3.8, 4) is 0 Å². The van der Waals surface area contributed by atoms with Gasteiger partial charge in [0.05, 0.1) is 13.2 Å². The lowest BCUT2D eigenvalue weighted by Gasteiger charge is -2.33. The minimum atomic E-state index is -1.01. The van der Waals surface area contributed by atoms with Crippen molar-refractivity contribution < 1.29 is 29.0 Å². The fraction of sp³-hybridized carbons (Fsp3) is 0.812. The van der Waals surface area contributed by atoms with E-state index in [0.29, 0.717) is 24.1 Å². The molecule has 0 fully saturated rings. The molecule has 1 aliphatic rings. The summed E-state index contributed by atoms with van der Waals surface area (Å²) < 4.78 is 5.41. The Morgan fingerprint density at radius 2 is 1.91 bits per heavy atom. The summed E-state index contributed by atoms with van der Waals surface area (Å²) in [5.41, 5.74) is 0. The summed E-state index contributed by atoms with van der Waals surface area (Å²) in [7, 11) is 0. The second-order valence-corrected chi connectivity index (χ2v) is 6.05. The lowest BCUT2D eigenvalue weighted by molar-refractivity contribution is -0.829. The van der Waals surface area contributed by atoms with E-state index in [2.05, 4.69) is 11.9 Å². The monoisotopic (exact) mass is 329 g/mol. The van der Waals surface area contributed by atoms with E-state index in [4.69, 9.17) is 9.84 Å². The Morgan fingerprint density at radius 3 is 2.57 bits per heavy atom. The van der Waals surface area contributed by atoms with Crippen LogP contribution >= 0.6 is 0 Å². The highest BCUT2D eigenvalue weighted by atomic mass is 16.5. The van der Waals surface area contributed by atoms with Gasteiger partial charge < -0.3 is 14.9 Å². The number of quaternary nitrogens is 1. The van der Waals surface area contributed by atoms with Crippen molar-refractivity contribution in [3.05, 3.63) is 0 Å². The number of carbonyl (C=O) groups is 2. The third-order valence-electron chi connectivity index (χ3n) is 4.20. The molecule has 0 aromatic rings. The lowest BCUT2D eigenvalue weighted by atomic mass is 10.1. The van der Waals surface area contributed by atoms with Gasteiger partial charge in [0.2, 0.25) is 0 Å². The summed E-state index contributed by atoms with van der Waals surface area (Å²) in [6, 6.07) is 0. The molecular formula is C16H29N2O5+. The Bertz CT molecular complexity index is 425. The Labute approximate surface area is 137 Å². The van der Waals surface area contributed by atoms with E-state index in [9.17, 15) is 14.7 Å². The zero-order chi connectivity index (χ0) is 17.1. The zero-order valence-corrected chi connectivity index (χ0v) is 14.0. The van der Waals surface area contributed by atoms with Gasteiger partial charge in [0.1, 0.15) is 19.7 Å². The van der Waals surface area contributed by atoms with Crippen LogP contribution in [0.1, 0.15) is 45.4 Å². The highest BCUT2D eigenvalue weighted by Crippen LogP contribution is 2.20. The molecule has 132 valence electrons. The molecule has 1 rings (SSSR count). The number of carboxylic acid groups (broad SMARTS) is 2. The van der Waals surface area contributed by atoms with Crippen molar-refractivity contribution >= 4 is 17.8 Å². The van der Waals surface area contributed by atoms with E-state index >= 15 is 0 Å². The largest absolute Gasteiger partial charge is 0.480 e. The number of aliphatic imine (C=N–C) groups is 1. The Morgan fingerprint density at radius 1 is 1.17 bits per heavy atom. The summed E-state index contributed by atoms with van der Waals surface area (Å²) in [6.07, 6.45) is 6.59. The first-order chi connectivity index (χ1) is 11.0. The van der Waals surface area contributed by atoms with Crippen molar-refractivity contribution in [1.82, 2.24) is 0 Å². The summed E-state index contributed by atoms with van der Waals surface area (Å²) in [5.74, 6) is -0.937. The van der Waals surface area contributed by atoms with Gasteiger partial charge in [0.25, 0.3) is 0 Å². The summed E-state index contributed by atoms with van der Waals surface area (Å²) in [5, 5.41) is 17.8. The van der Waals surface area contributed by atoms with Gasteiger partial charge in [0.15, 0.2) is 12.4 Å². The van der Waals surface area contributed by atoms with Gasteiger partial charge in [-0.05, 0) is 6.42 Å². The molecule has 0 spiro atoms. The van der Waals surface area contributed by atoms with Crippen molar-refractivity contribution in [2.24, 2.45) is 4.99 Å². The van der Waals surface area contributed by atoms with Crippen LogP contribution in [0.3, 0.4) is 0 Å². The van der Waals surface area contributed by atoms with E-state index in [0.717, 1.165) is 25.1 Å². The zero-order valence-electron chi connectivity index (χ0n) is 14.0. The molecule has 0 saturated carbocycles. The topological polar surface area (TPSA) is 96.2 Å². The predicted octanol–water partition coefficient (Wildman–Crippen LogP) is 1.76. The summed E-state index contributed by atoms with van der Waals surface area (Å²) in [4.78, 5) is 26.3. The molecule has 1 atom stereocenters. The molecule has 2 N–H and O–H groups in total. The lowest BCUT2D eigenvalue weighted by Crippen LogP contribution is -2.55. The number of hydrogen-bond donors (Lipinski definition) is 2. The first-order valence-electron chi connectivity index (χ1n) is 8.41. The molecule has 0 aromatic heterocycles. The van der Waals surface area contributed by atoms with E-state index in [1.165, 1.54) is 19.3 Å². The minimum absolute atomic E-state index is 0.00970. The van der Waals surface area contributed by atoms with Crippen molar-refractivity contribution in [2.45, 2.75) is 45.4 Å². The molecule has 1 aliphatic heterocycles. The highest BCUT2D eigenvalue weighted by molar-refractivity contribution is 5.80. The molecule has 23 heavy (non-hydrogen) atoms. The van der Waals surface area contributed by atoms with Gasteiger partial charge in [-0.3, -0.25) is 4.48 Å². The smallest absolute Gasteiger partial charge is 0.359 e. The molecule has 1 heterocycles. The molecule has 0 aromatic carbocycles. The molecule has 7 heteroatoms. The van der Waals surface area contributed by atoms with Crippen LogP contribution in [-0.4, -0.2) is 71.9 Å². The number of nitrogens with zero attached hydrogens (tertiary/aromatic N) is 2. The first kappa shape index (κ1) is 19.6. The Balaban J connectivity index is 2.54. The van der Waals surface area contributed by atoms with Crippen LogP contribution in [0, 0.1) is 0 Å². The first-order valence-corrected chi connectivity index (χ1v) is 8.41. The molecule has 0 bridgehead atoms. The third-order valence-corrected chi connectivity index (χ3v) is 4.20. The van der Waals surface area contributed by atoms with Crippen molar-refractivity contribution in [1.29, 1.82) is 0 Å². The van der Waals surface area contributed by atoms with E-state index in [1.807, 2.05) is 0 Å². The maximum absolute atomic E-state index is 11.3. The maximum Gasteiger partial charge on any atom is 0.359 e. The molecule has 0 radical (unpaired) electrons. The van der Waals surface area contributed by atoms with Gasteiger partial charge in [-0.1, -0.05) is 32.6 Å². The Hall–Kier alpha value is -1.47. The summed E-state index contributed by atoms with van der Waals surface area (Å²) in [6.45, 7) is 3.80. The quantitative estimate of drug-likeness (QED) is 0.396. The standard InChI is InChI=1S/C16H28N2O5/c1-2-3-4-5-6-7-14-17-8-9-18(14,12-15(19)20)10-11-23-13-16(21)22/h2-13H2,1H3,(H-,19,20,21,22)/p+1. The fourth-order valence-corrected chi connectivity index (χ4v) is 3.00. The summed E-state index contributed by atoms with van der Waals surface area (Å²) >= 11 is 0. The average molecular weight is 329 g/mol.